The minimum Gasteiger partial charge on any atom is -0.454 e. The number of carbonyl (C=O) groups excluding carboxylic acids is 1. The minimum atomic E-state index is -0.137. The van der Waals surface area contributed by atoms with Gasteiger partial charge in [0.2, 0.25) is 6.79 Å². The number of nitrogens with zero attached hydrogens (tertiary/aromatic N) is 2. The van der Waals surface area contributed by atoms with Gasteiger partial charge in [-0.2, -0.15) is 5.10 Å². The van der Waals surface area contributed by atoms with Crippen LogP contribution in [0.3, 0.4) is 0 Å². The van der Waals surface area contributed by atoms with E-state index in [1.54, 1.807) is 0 Å². The van der Waals surface area contributed by atoms with E-state index in [1.165, 1.54) is 0 Å². The SMILES string of the molecule is CC1=NN(c2ccc(C(=O)NC(C)c3ccc4c(c3)OCO4)cc2)CC1. The van der Waals surface area contributed by atoms with E-state index in [-0.39, 0.29) is 18.7 Å². The maximum Gasteiger partial charge on any atom is 0.251 e. The van der Waals surface area contributed by atoms with Crippen LogP contribution in [0.25, 0.3) is 0 Å². The molecule has 1 N–H and O–H groups in total. The quantitative estimate of drug-likeness (QED) is 0.916. The fraction of sp³-hybridized carbons (Fsp3) is 0.300. The van der Waals surface area contributed by atoms with Crippen molar-refractivity contribution in [1.82, 2.24) is 5.32 Å². The minimum absolute atomic E-state index is 0.108. The Kier molecular flexibility index (Phi) is 4.24. The fourth-order valence-electron chi connectivity index (χ4n) is 3.09. The maximum atomic E-state index is 12.5. The number of fused-ring (bicyclic) bond motifs is 1. The third-order valence-electron chi connectivity index (χ3n) is 4.65. The van der Waals surface area contributed by atoms with Gasteiger partial charge in [-0.3, -0.25) is 9.80 Å². The number of rotatable bonds is 4. The lowest BCUT2D eigenvalue weighted by molar-refractivity contribution is 0.0940. The molecule has 2 aliphatic heterocycles. The van der Waals surface area contributed by atoms with Gasteiger partial charge in [0, 0.05) is 24.2 Å². The van der Waals surface area contributed by atoms with Gasteiger partial charge >= 0.3 is 0 Å². The molecule has 2 heterocycles. The summed E-state index contributed by atoms with van der Waals surface area (Å²) in [6, 6.07) is 13.1. The second-order valence-electron chi connectivity index (χ2n) is 6.56. The van der Waals surface area contributed by atoms with Gasteiger partial charge in [-0.15, -0.1) is 0 Å². The average molecular weight is 351 g/mol. The number of hydrogen-bond donors (Lipinski definition) is 1. The highest BCUT2D eigenvalue weighted by molar-refractivity contribution is 5.95. The third-order valence-corrected chi connectivity index (χ3v) is 4.65. The van der Waals surface area contributed by atoms with Crippen molar-refractivity contribution in [3.05, 3.63) is 53.6 Å². The van der Waals surface area contributed by atoms with E-state index in [2.05, 4.69) is 10.4 Å². The lowest BCUT2D eigenvalue weighted by Crippen LogP contribution is -2.26. The van der Waals surface area contributed by atoms with Crippen molar-refractivity contribution in [1.29, 1.82) is 0 Å². The zero-order chi connectivity index (χ0) is 18.1. The first-order valence-corrected chi connectivity index (χ1v) is 8.72. The molecular weight excluding hydrogens is 330 g/mol. The molecule has 2 aromatic carbocycles. The van der Waals surface area contributed by atoms with Crippen LogP contribution >= 0.6 is 0 Å². The Morgan fingerprint density at radius 3 is 2.65 bits per heavy atom. The number of ether oxygens (including phenoxy) is 2. The van der Waals surface area contributed by atoms with Crippen LogP contribution < -0.4 is 19.8 Å². The van der Waals surface area contributed by atoms with Gasteiger partial charge < -0.3 is 14.8 Å². The molecule has 4 rings (SSSR count). The zero-order valence-corrected chi connectivity index (χ0v) is 14.9. The Labute approximate surface area is 152 Å². The van der Waals surface area contributed by atoms with Crippen LogP contribution in [0, 0.1) is 0 Å². The number of nitrogens with one attached hydrogen (secondary N) is 1. The Balaban J connectivity index is 1.43. The highest BCUT2D eigenvalue weighted by Crippen LogP contribution is 2.34. The molecule has 1 unspecified atom stereocenters. The molecule has 134 valence electrons. The molecule has 6 heteroatoms. The summed E-state index contributed by atoms with van der Waals surface area (Å²) in [7, 11) is 0. The van der Waals surface area contributed by atoms with Crippen LogP contribution in [0.5, 0.6) is 11.5 Å². The molecule has 2 aromatic rings. The molecule has 2 aliphatic rings. The summed E-state index contributed by atoms with van der Waals surface area (Å²) in [6.45, 7) is 5.11. The molecule has 0 aromatic heterocycles. The standard InChI is InChI=1S/C20H21N3O3/c1-13-9-10-23(22-13)17-6-3-15(4-7-17)20(24)21-14(2)16-5-8-18-19(11-16)26-12-25-18/h3-8,11,14H,9-10,12H2,1-2H3,(H,21,24). The molecule has 0 saturated heterocycles. The summed E-state index contributed by atoms with van der Waals surface area (Å²) in [4.78, 5) is 12.5. The maximum absolute atomic E-state index is 12.5. The highest BCUT2D eigenvalue weighted by Gasteiger charge is 2.18. The Morgan fingerprint density at radius 2 is 1.92 bits per heavy atom. The van der Waals surface area contributed by atoms with Crippen molar-refractivity contribution in [2.75, 3.05) is 18.3 Å². The highest BCUT2D eigenvalue weighted by atomic mass is 16.7. The van der Waals surface area contributed by atoms with E-state index in [0.717, 1.165) is 41.4 Å². The van der Waals surface area contributed by atoms with Crippen molar-refractivity contribution in [3.63, 3.8) is 0 Å². The molecule has 0 fully saturated rings. The smallest absolute Gasteiger partial charge is 0.251 e. The summed E-state index contributed by atoms with van der Waals surface area (Å²) in [5.41, 5.74) is 3.73. The first-order valence-electron chi connectivity index (χ1n) is 8.72. The number of amides is 1. The van der Waals surface area contributed by atoms with Gasteiger partial charge in [-0.1, -0.05) is 6.07 Å². The van der Waals surface area contributed by atoms with E-state index in [0.29, 0.717) is 5.56 Å². The summed E-state index contributed by atoms with van der Waals surface area (Å²) in [6.07, 6.45) is 0.981. The molecular formula is C20H21N3O3. The zero-order valence-electron chi connectivity index (χ0n) is 14.9. The van der Waals surface area contributed by atoms with Crippen LogP contribution in [-0.2, 0) is 0 Å². The molecule has 1 amide bonds. The van der Waals surface area contributed by atoms with Gasteiger partial charge in [0.05, 0.1) is 11.7 Å². The predicted octanol–water partition coefficient (Wildman–Crippen LogP) is 3.49. The van der Waals surface area contributed by atoms with Crippen molar-refractivity contribution >= 4 is 17.3 Å². The molecule has 0 radical (unpaired) electrons. The van der Waals surface area contributed by atoms with Crippen molar-refractivity contribution in [2.45, 2.75) is 26.3 Å². The number of carbonyl (C=O) groups is 1. The normalized spacial score (nSPS) is 16.4. The second-order valence-corrected chi connectivity index (χ2v) is 6.56. The average Bonchev–Trinajstić information content (AvgIpc) is 3.29. The Hall–Kier alpha value is -3.02. The summed E-state index contributed by atoms with van der Waals surface area (Å²) >= 11 is 0. The first kappa shape index (κ1) is 16.4. The second kappa shape index (κ2) is 6.71. The monoisotopic (exact) mass is 351 g/mol. The molecule has 1 atom stereocenters. The number of anilines is 1. The van der Waals surface area contributed by atoms with Crippen LogP contribution in [0.2, 0.25) is 0 Å². The van der Waals surface area contributed by atoms with Gasteiger partial charge in [0.1, 0.15) is 0 Å². The molecule has 6 nitrogen and oxygen atoms in total. The van der Waals surface area contributed by atoms with E-state index < -0.39 is 0 Å². The van der Waals surface area contributed by atoms with Crippen LogP contribution in [0.4, 0.5) is 5.69 Å². The van der Waals surface area contributed by atoms with Gasteiger partial charge in [-0.05, 0) is 55.8 Å². The third kappa shape index (κ3) is 3.22. The Bertz CT molecular complexity index is 861. The summed E-state index contributed by atoms with van der Waals surface area (Å²) in [5, 5.41) is 9.46. The molecule has 0 spiro atoms. The van der Waals surface area contributed by atoms with E-state index >= 15 is 0 Å². The lowest BCUT2D eigenvalue weighted by Gasteiger charge is -2.16. The number of benzene rings is 2. The van der Waals surface area contributed by atoms with E-state index in [1.807, 2.05) is 61.3 Å². The molecule has 0 saturated carbocycles. The van der Waals surface area contributed by atoms with Crippen molar-refractivity contribution in [3.8, 4) is 11.5 Å². The largest absolute Gasteiger partial charge is 0.454 e. The van der Waals surface area contributed by atoms with Crippen LogP contribution in [-0.4, -0.2) is 25.0 Å². The van der Waals surface area contributed by atoms with Crippen LogP contribution in [0.15, 0.2) is 47.6 Å². The Morgan fingerprint density at radius 1 is 1.15 bits per heavy atom. The number of hydrogen-bond acceptors (Lipinski definition) is 5. The first-order chi connectivity index (χ1) is 12.6. The molecule has 0 aliphatic carbocycles. The van der Waals surface area contributed by atoms with Gasteiger partial charge in [0.15, 0.2) is 11.5 Å². The topological polar surface area (TPSA) is 63.2 Å². The number of hydrazone groups is 1. The van der Waals surface area contributed by atoms with Crippen molar-refractivity contribution < 1.29 is 14.3 Å². The van der Waals surface area contributed by atoms with E-state index in [9.17, 15) is 4.79 Å². The van der Waals surface area contributed by atoms with Gasteiger partial charge in [-0.25, -0.2) is 0 Å². The fourth-order valence-corrected chi connectivity index (χ4v) is 3.09. The predicted molar refractivity (Wildman–Crippen MR) is 100.0 cm³/mol. The van der Waals surface area contributed by atoms with E-state index in [4.69, 9.17) is 9.47 Å². The molecule has 26 heavy (non-hydrogen) atoms. The summed E-state index contributed by atoms with van der Waals surface area (Å²) in [5.74, 6) is 1.35. The lowest BCUT2D eigenvalue weighted by atomic mass is 10.1. The van der Waals surface area contributed by atoms with Crippen molar-refractivity contribution in [2.24, 2.45) is 5.10 Å². The van der Waals surface area contributed by atoms with Crippen LogP contribution in [0.1, 0.15) is 42.2 Å². The van der Waals surface area contributed by atoms with Gasteiger partial charge in [0.25, 0.3) is 5.91 Å². The summed E-state index contributed by atoms with van der Waals surface area (Å²) < 4.78 is 10.7. The molecule has 0 bridgehead atoms.